The fourth-order valence-corrected chi connectivity index (χ4v) is 3.74. The second-order valence-corrected chi connectivity index (χ2v) is 6.80. The highest BCUT2D eigenvalue weighted by atomic mass is 16.5. The summed E-state index contributed by atoms with van der Waals surface area (Å²) >= 11 is 0. The van der Waals surface area contributed by atoms with Gasteiger partial charge in [-0.1, -0.05) is 23.8 Å². The Labute approximate surface area is 140 Å². The predicted octanol–water partition coefficient (Wildman–Crippen LogP) is 1.72. The molecule has 2 aliphatic rings. The molecule has 3 heterocycles. The van der Waals surface area contributed by atoms with Gasteiger partial charge in [0.25, 0.3) is 5.56 Å². The molecule has 4 rings (SSSR count). The molecule has 1 aromatic heterocycles. The van der Waals surface area contributed by atoms with Crippen LogP contribution in [0.2, 0.25) is 0 Å². The molecule has 1 amide bonds. The zero-order chi connectivity index (χ0) is 16.7. The molecular weight excluding hydrogens is 304 g/mol. The van der Waals surface area contributed by atoms with Gasteiger partial charge in [-0.2, -0.15) is 0 Å². The molecule has 5 heteroatoms. The van der Waals surface area contributed by atoms with Crippen molar-refractivity contribution in [3.8, 4) is 5.75 Å². The minimum absolute atomic E-state index is 0.0127. The summed E-state index contributed by atoms with van der Waals surface area (Å²) in [6, 6.07) is 11.2. The third-order valence-corrected chi connectivity index (χ3v) is 5.12. The Balaban J connectivity index is 1.54. The minimum atomic E-state index is -0.148. The van der Waals surface area contributed by atoms with Crippen LogP contribution in [0.4, 0.5) is 0 Å². The number of aryl methyl sites for hydroxylation is 1. The van der Waals surface area contributed by atoms with Gasteiger partial charge in [0.2, 0.25) is 5.91 Å². The molecule has 1 atom stereocenters. The van der Waals surface area contributed by atoms with E-state index in [1.54, 1.807) is 18.3 Å². The largest absolute Gasteiger partial charge is 0.492 e. The number of ether oxygens (including phenoxy) is 1. The molecule has 1 spiro atoms. The zero-order valence-corrected chi connectivity index (χ0v) is 13.7. The fourth-order valence-electron chi connectivity index (χ4n) is 3.74. The first-order valence-electron chi connectivity index (χ1n) is 8.25. The number of aromatic nitrogens is 1. The molecule has 0 saturated carbocycles. The van der Waals surface area contributed by atoms with Gasteiger partial charge >= 0.3 is 0 Å². The number of amides is 1. The first-order valence-corrected chi connectivity index (χ1v) is 8.25. The van der Waals surface area contributed by atoms with Gasteiger partial charge in [-0.25, -0.2) is 0 Å². The van der Waals surface area contributed by atoms with Gasteiger partial charge in [0.1, 0.15) is 12.3 Å². The topological polar surface area (TPSA) is 51.5 Å². The van der Waals surface area contributed by atoms with Crippen LogP contribution in [0, 0.1) is 6.92 Å². The molecule has 1 aromatic carbocycles. The van der Waals surface area contributed by atoms with Gasteiger partial charge in [0.15, 0.2) is 0 Å². The van der Waals surface area contributed by atoms with Crippen LogP contribution >= 0.6 is 0 Å². The first kappa shape index (κ1) is 15.0. The quantitative estimate of drug-likeness (QED) is 0.845. The van der Waals surface area contributed by atoms with Crippen molar-refractivity contribution in [2.24, 2.45) is 0 Å². The Hall–Kier alpha value is -2.56. The minimum Gasteiger partial charge on any atom is -0.492 e. The summed E-state index contributed by atoms with van der Waals surface area (Å²) in [4.78, 5) is 26.3. The zero-order valence-electron chi connectivity index (χ0n) is 13.7. The average molecular weight is 324 g/mol. The van der Waals surface area contributed by atoms with E-state index in [1.807, 2.05) is 11.0 Å². The van der Waals surface area contributed by atoms with Gasteiger partial charge in [-0.05, 0) is 25.5 Å². The number of rotatable bonds is 2. The van der Waals surface area contributed by atoms with Crippen LogP contribution < -0.4 is 10.3 Å². The van der Waals surface area contributed by atoms with E-state index in [0.29, 0.717) is 19.7 Å². The molecule has 1 fully saturated rings. The lowest BCUT2D eigenvalue weighted by Crippen LogP contribution is -2.38. The van der Waals surface area contributed by atoms with Crippen LogP contribution in [-0.4, -0.2) is 35.1 Å². The molecule has 2 aliphatic heterocycles. The Morgan fingerprint density at radius 2 is 2.17 bits per heavy atom. The van der Waals surface area contributed by atoms with Gasteiger partial charge < -0.3 is 14.2 Å². The van der Waals surface area contributed by atoms with E-state index < -0.39 is 0 Å². The van der Waals surface area contributed by atoms with Gasteiger partial charge in [-0.15, -0.1) is 0 Å². The number of pyridine rings is 1. The maximum atomic E-state index is 12.6. The monoisotopic (exact) mass is 324 g/mol. The summed E-state index contributed by atoms with van der Waals surface area (Å²) in [5.41, 5.74) is 2.18. The van der Waals surface area contributed by atoms with Gasteiger partial charge in [0, 0.05) is 30.9 Å². The van der Waals surface area contributed by atoms with Crippen LogP contribution in [0.5, 0.6) is 5.75 Å². The van der Waals surface area contributed by atoms with Crippen molar-refractivity contribution in [1.29, 1.82) is 0 Å². The molecule has 0 aliphatic carbocycles. The molecule has 0 radical (unpaired) electrons. The predicted molar refractivity (Wildman–Crippen MR) is 90.3 cm³/mol. The van der Waals surface area contributed by atoms with E-state index in [1.165, 1.54) is 21.8 Å². The van der Waals surface area contributed by atoms with E-state index >= 15 is 0 Å². The van der Waals surface area contributed by atoms with Crippen LogP contribution in [0.3, 0.4) is 0 Å². The molecule has 5 nitrogen and oxygen atoms in total. The smallest absolute Gasteiger partial charge is 0.250 e. The van der Waals surface area contributed by atoms with Crippen LogP contribution in [0.15, 0.2) is 47.4 Å². The molecular formula is C19H20N2O3. The van der Waals surface area contributed by atoms with Gasteiger partial charge in [0.05, 0.1) is 12.0 Å². The molecule has 2 aromatic rings. The van der Waals surface area contributed by atoms with Crippen molar-refractivity contribution >= 4 is 5.91 Å². The van der Waals surface area contributed by atoms with Crippen LogP contribution in [-0.2, 0) is 16.8 Å². The van der Waals surface area contributed by atoms with E-state index in [4.69, 9.17) is 4.74 Å². The number of hydrogen-bond acceptors (Lipinski definition) is 3. The van der Waals surface area contributed by atoms with Crippen LogP contribution in [0.25, 0.3) is 0 Å². The summed E-state index contributed by atoms with van der Waals surface area (Å²) in [5.74, 6) is 0.926. The summed E-state index contributed by atoms with van der Waals surface area (Å²) in [6.07, 6.45) is 2.56. The number of hydrogen-bond donors (Lipinski definition) is 0. The molecule has 0 bridgehead atoms. The highest BCUT2D eigenvalue weighted by molar-refractivity contribution is 5.76. The van der Waals surface area contributed by atoms with E-state index in [2.05, 4.69) is 19.1 Å². The highest BCUT2D eigenvalue weighted by Crippen LogP contribution is 2.45. The van der Waals surface area contributed by atoms with Crippen molar-refractivity contribution in [2.75, 3.05) is 19.7 Å². The average Bonchev–Trinajstić information content (AvgIpc) is 3.16. The third-order valence-electron chi connectivity index (χ3n) is 5.12. The van der Waals surface area contributed by atoms with E-state index in [9.17, 15) is 9.59 Å². The molecule has 24 heavy (non-hydrogen) atoms. The van der Waals surface area contributed by atoms with Crippen molar-refractivity contribution in [1.82, 2.24) is 9.47 Å². The number of fused-ring (bicyclic) bond motifs is 2. The highest BCUT2D eigenvalue weighted by Gasteiger charge is 2.47. The second-order valence-electron chi connectivity index (χ2n) is 6.80. The van der Waals surface area contributed by atoms with E-state index in [-0.39, 0.29) is 23.4 Å². The lowest BCUT2D eigenvalue weighted by Gasteiger charge is -2.23. The summed E-state index contributed by atoms with van der Waals surface area (Å²) in [7, 11) is 0. The number of nitrogens with zero attached hydrogens (tertiary/aromatic N) is 2. The normalized spacial score (nSPS) is 21.8. The maximum Gasteiger partial charge on any atom is 0.250 e. The van der Waals surface area contributed by atoms with E-state index in [0.717, 1.165) is 12.2 Å². The van der Waals surface area contributed by atoms with Crippen molar-refractivity contribution in [3.05, 3.63) is 64.1 Å². The maximum absolute atomic E-state index is 12.6. The van der Waals surface area contributed by atoms with Gasteiger partial charge in [-0.3, -0.25) is 9.59 Å². The summed E-state index contributed by atoms with van der Waals surface area (Å²) < 4.78 is 7.32. The standard InChI is InChI=1S/C19H20N2O3/c1-14-5-6-16-15(10-14)19(13-24-16)7-9-21(12-19)18(23)11-20-8-3-2-4-17(20)22/h2-6,8,10H,7,9,11-13H2,1H3. The summed E-state index contributed by atoms with van der Waals surface area (Å²) in [5, 5.41) is 0. The second kappa shape index (κ2) is 5.51. The summed E-state index contributed by atoms with van der Waals surface area (Å²) in [6.45, 7) is 4.16. The molecule has 1 unspecified atom stereocenters. The fraction of sp³-hybridized carbons (Fsp3) is 0.368. The van der Waals surface area contributed by atoms with Crippen molar-refractivity contribution < 1.29 is 9.53 Å². The SMILES string of the molecule is Cc1ccc2c(c1)C1(CCN(C(=O)Cn3ccccc3=O)C1)CO2. The Bertz CT molecular complexity index is 858. The van der Waals surface area contributed by atoms with Crippen LogP contribution in [0.1, 0.15) is 17.5 Å². The first-order chi connectivity index (χ1) is 11.6. The Kier molecular flexibility index (Phi) is 3.44. The third kappa shape index (κ3) is 2.40. The lowest BCUT2D eigenvalue weighted by molar-refractivity contribution is -0.131. The van der Waals surface area contributed by atoms with Crippen molar-refractivity contribution in [3.63, 3.8) is 0 Å². The number of carbonyl (C=O) groups is 1. The number of likely N-dealkylation sites (tertiary alicyclic amines) is 1. The molecule has 0 N–H and O–H groups in total. The van der Waals surface area contributed by atoms with Crippen molar-refractivity contribution in [2.45, 2.75) is 25.3 Å². The number of benzene rings is 1. The lowest BCUT2D eigenvalue weighted by atomic mass is 9.81. The Morgan fingerprint density at radius 1 is 1.29 bits per heavy atom. The Morgan fingerprint density at radius 3 is 3.00 bits per heavy atom. The molecule has 124 valence electrons. The number of carbonyl (C=O) groups excluding carboxylic acids is 1. The molecule has 1 saturated heterocycles.